The zero-order valence-electron chi connectivity index (χ0n) is 10.2. The largest absolute Gasteiger partial charge is 0.349 e. The Morgan fingerprint density at radius 3 is 3.21 bits per heavy atom. The summed E-state index contributed by atoms with van der Waals surface area (Å²) >= 11 is 1.37. The smallest absolute Gasteiger partial charge is 0.262 e. The van der Waals surface area contributed by atoms with Crippen LogP contribution in [0, 0.1) is 11.8 Å². The molecule has 0 spiro atoms. The fourth-order valence-electron chi connectivity index (χ4n) is 1.45. The Labute approximate surface area is 114 Å². The van der Waals surface area contributed by atoms with E-state index in [0.717, 1.165) is 0 Å². The van der Waals surface area contributed by atoms with E-state index in [9.17, 15) is 4.79 Å². The molecule has 0 saturated heterocycles. The molecule has 2 aromatic rings. The van der Waals surface area contributed by atoms with Crippen molar-refractivity contribution in [2.45, 2.75) is 6.54 Å². The molecule has 0 fully saturated rings. The highest BCUT2D eigenvalue weighted by Gasteiger charge is 2.11. The molecule has 3 N–H and O–H groups in total. The van der Waals surface area contributed by atoms with Crippen molar-refractivity contribution in [2.24, 2.45) is 5.73 Å². The van der Waals surface area contributed by atoms with Crippen LogP contribution in [0.5, 0.6) is 0 Å². The maximum Gasteiger partial charge on any atom is 0.262 e. The van der Waals surface area contributed by atoms with Crippen molar-refractivity contribution in [1.82, 2.24) is 20.3 Å². The van der Waals surface area contributed by atoms with Crippen LogP contribution in [0.15, 0.2) is 23.8 Å². The van der Waals surface area contributed by atoms with Gasteiger partial charge in [-0.25, -0.2) is 0 Å². The molecule has 6 nitrogen and oxygen atoms in total. The molecule has 98 valence electrons. The van der Waals surface area contributed by atoms with Gasteiger partial charge in [-0.2, -0.15) is 0 Å². The number of hydrogen-bond donors (Lipinski definition) is 2. The van der Waals surface area contributed by atoms with E-state index in [1.54, 1.807) is 17.1 Å². The number of hydrogen-bond acceptors (Lipinski definition) is 5. The lowest BCUT2D eigenvalue weighted by Gasteiger charge is -2.03. The van der Waals surface area contributed by atoms with Gasteiger partial charge in [0.25, 0.3) is 5.91 Å². The average Bonchev–Trinajstić information content (AvgIpc) is 3.07. The summed E-state index contributed by atoms with van der Waals surface area (Å²) < 4.78 is 1.66. The molecule has 0 aliphatic carbocycles. The summed E-state index contributed by atoms with van der Waals surface area (Å²) in [4.78, 5) is 12.6. The molecule has 0 bridgehead atoms. The van der Waals surface area contributed by atoms with E-state index in [1.807, 2.05) is 11.4 Å². The molecular weight excluding hydrogens is 262 g/mol. The molecule has 19 heavy (non-hydrogen) atoms. The minimum atomic E-state index is -0.128. The Hall–Kier alpha value is -2.17. The van der Waals surface area contributed by atoms with Crippen molar-refractivity contribution in [1.29, 1.82) is 0 Å². The zero-order valence-corrected chi connectivity index (χ0v) is 11.0. The summed E-state index contributed by atoms with van der Waals surface area (Å²) in [6.45, 7) is 1.36. The highest BCUT2D eigenvalue weighted by Crippen LogP contribution is 2.15. The van der Waals surface area contributed by atoms with E-state index in [-0.39, 0.29) is 12.5 Å². The third kappa shape index (κ3) is 3.64. The molecule has 2 rings (SSSR count). The monoisotopic (exact) mass is 275 g/mol. The highest BCUT2D eigenvalue weighted by molar-refractivity contribution is 7.12. The van der Waals surface area contributed by atoms with Gasteiger partial charge in [0.2, 0.25) is 0 Å². The summed E-state index contributed by atoms with van der Waals surface area (Å²) in [5, 5.41) is 12.2. The van der Waals surface area contributed by atoms with Crippen molar-refractivity contribution in [3.05, 3.63) is 34.3 Å². The van der Waals surface area contributed by atoms with E-state index in [0.29, 0.717) is 23.5 Å². The third-order valence-electron chi connectivity index (χ3n) is 2.29. The molecule has 1 amide bonds. The summed E-state index contributed by atoms with van der Waals surface area (Å²) in [5.41, 5.74) is 6.04. The highest BCUT2D eigenvalue weighted by atomic mass is 32.1. The van der Waals surface area contributed by atoms with Gasteiger partial charge in [0.15, 0.2) is 0 Å². The number of thiophene rings is 1. The van der Waals surface area contributed by atoms with Gasteiger partial charge in [-0.3, -0.25) is 9.48 Å². The van der Waals surface area contributed by atoms with Crippen molar-refractivity contribution in [3.63, 3.8) is 0 Å². The van der Waals surface area contributed by atoms with Crippen molar-refractivity contribution in [3.8, 4) is 11.8 Å². The van der Waals surface area contributed by atoms with Crippen LogP contribution in [-0.2, 0) is 6.54 Å². The van der Waals surface area contributed by atoms with Crippen LogP contribution in [0.3, 0.4) is 0 Å². The van der Waals surface area contributed by atoms with Gasteiger partial charge in [-0.05, 0) is 11.4 Å². The lowest BCUT2D eigenvalue weighted by atomic mass is 10.2. The van der Waals surface area contributed by atoms with Crippen LogP contribution in [0.4, 0.5) is 0 Å². The zero-order chi connectivity index (χ0) is 13.5. The maximum atomic E-state index is 12.0. The van der Waals surface area contributed by atoms with Crippen LogP contribution < -0.4 is 11.1 Å². The SMILES string of the molecule is NCC#Cc1ccsc1C(=O)NCCn1ccnn1. The number of nitrogens with one attached hydrogen (secondary N) is 1. The van der Waals surface area contributed by atoms with Crippen LogP contribution in [0.25, 0.3) is 0 Å². The summed E-state index contributed by atoms with van der Waals surface area (Å²) in [6.07, 6.45) is 3.34. The summed E-state index contributed by atoms with van der Waals surface area (Å²) in [7, 11) is 0. The second-order valence-electron chi connectivity index (χ2n) is 3.59. The quantitative estimate of drug-likeness (QED) is 0.774. The van der Waals surface area contributed by atoms with E-state index in [4.69, 9.17) is 5.73 Å². The lowest BCUT2D eigenvalue weighted by Crippen LogP contribution is -2.27. The Morgan fingerprint density at radius 2 is 2.47 bits per heavy atom. The van der Waals surface area contributed by atoms with Gasteiger partial charge in [0, 0.05) is 18.3 Å². The second kappa shape index (κ2) is 6.68. The summed E-state index contributed by atoms with van der Waals surface area (Å²) in [5.74, 6) is 5.50. The Morgan fingerprint density at radius 1 is 1.58 bits per heavy atom. The number of rotatable bonds is 4. The average molecular weight is 275 g/mol. The first kappa shape index (κ1) is 13.3. The van der Waals surface area contributed by atoms with E-state index in [2.05, 4.69) is 27.5 Å². The summed E-state index contributed by atoms with van der Waals surface area (Å²) in [6, 6.07) is 1.82. The van der Waals surface area contributed by atoms with Gasteiger partial charge in [-0.1, -0.05) is 17.1 Å². The molecule has 0 unspecified atom stereocenters. The topological polar surface area (TPSA) is 85.8 Å². The first-order chi connectivity index (χ1) is 9.31. The molecule has 2 aromatic heterocycles. The van der Waals surface area contributed by atoms with Gasteiger partial charge in [-0.15, -0.1) is 16.4 Å². The fraction of sp³-hybridized carbons (Fsp3) is 0.250. The van der Waals surface area contributed by atoms with Crippen molar-refractivity contribution in [2.75, 3.05) is 13.1 Å². The third-order valence-corrected chi connectivity index (χ3v) is 3.21. The van der Waals surface area contributed by atoms with Gasteiger partial charge < -0.3 is 11.1 Å². The molecule has 0 aliphatic rings. The molecule has 0 radical (unpaired) electrons. The van der Waals surface area contributed by atoms with Crippen molar-refractivity contribution >= 4 is 17.2 Å². The number of carbonyl (C=O) groups excluding carboxylic acids is 1. The van der Waals surface area contributed by atoms with E-state index in [1.165, 1.54) is 11.3 Å². The lowest BCUT2D eigenvalue weighted by molar-refractivity contribution is 0.0955. The molecule has 0 atom stereocenters. The van der Waals surface area contributed by atoms with Crippen LogP contribution in [0.1, 0.15) is 15.2 Å². The Bertz CT molecular complexity index is 593. The predicted molar refractivity (Wildman–Crippen MR) is 72.6 cm³/mol. The maximum absolute atomic E-state index is 12.0. The number of nitrogens with zero attached hydrogens (tertiary/aromatic N) is 3. The van der Waals surface area contributed by atoms with Crippen LogP contribution in [-0.4, -0.2) is 34.0 Å². The molecule has 7 heteroatoms. The van der Waals surface area contributed by atoms with E-state index < -0.39 is 0 Å². The molecular formula is C12H13N5OS. The molecule has 0 aliphatic heterocycles. The fourth-order valence-corrected chi connectivity index (χ4v) is 2.21. The number of nitrogens with two attached hydrogens (primary N) is 1. The van der Waals surface area contributed by atoms with Gasteiger partial charge in [0.05, 0.1) is 19.3 Å². The minimum absolute atomic E-state index is 0.128. The van der Waals surface area contributed by atoms with Gasteiger partial charge in [0.1, 0.15) is 4.88 Å². The first-order valence-corrected chi connectivity index (χ1v) is 6.58. The number of carbonyl (C=O) groups is 1. The number of amides is 1. The van der Waals surface area contributed by atoms with Gasteiger partial charge >= 0.3 is 0 Å². The Kier molecular flexibility index (Phi) is 4.66. The standard InChI is InChI=1S/C12H13N5OS/c13-4-1-2-10-3-9-19-11(10)12(18)14-5-7-17-8-6-15-16-17/h3,6,8-9H,4-5,7,13H2,(H,14,18). The van der Waals surface area contributed by atoms with E-state index >= 15 is 0 Å². The van der Waals surface area contributed by atoms with Crippen LogP contribution >= 0.6 is 11.3 Å². The normalized spacial score (nSPS) is 9.74. The van der Waals surface area contributed by atoms with Crippen LogP contribution in [0.2, 0.25) is 0 Å². The predicted octanol–water partition coefficient (Wildman–Crippen LogP) is 0.0798. The Balaban J connectivity index is 1.91. The number of aromatic nitrogens is 3. The van der Waals surface area contributed by atoms with Crippen molar-refractivity contribution < 1.29 is 4.79 Å². The minimum Gasteiger partial charge on any atom is -0.349 e. The molecule has 0 aromatic carbocycles. The molecule has 2 heterocycles. The second-order valence-corrected chi connectivity index (χ2v) is 4.51. The first-order valence-electron chi connectivity index (χ1n) is 5.70. The molecule has 0 saturated carbocycles.